The van der Waals surface area contributed by atoms with Gasteiger partial charge >= 0.3 is 0 Å². The summed E-state index contributed by atoms with van der Waals surface area (Å²) in [7, 11) is 1.56. The van der Waals surface area contributed by atoms with E-state index in [0.717, 1.165) is 24.5 Å². The van der Waals surface area contributed by atoms with E-state index >= 15 is 0 Å². The monoisotopic (exact) mass is 220 g/mol. The van der Waals surface area contributed by atoms with Gasteiger partial charge in [0.05, 0.1) is 6.61 Å². The van der Waals surface area contributed by atoms with Crippen molar-refractivity contribution in [3.05, 3.63) is 0 Å². The van der Waals surface area contributed by atoms with Gasteiger partial charge < -0.3 is 15.8 Å². The first-order valence-electron chi connectivity index (χ1n) is 4.81. The highest BCUT2D eigenvalue weighted by molar-refractivity contribution is 7.99. The number of carbonyl (C=O) groups is 1. The zero-order chi connectivity index (χ0) is 10.8. The van der Waals surface area contributed by atoms with Crippen molar-refractivity contribution in [2.75, 3.05) is 31.8 Å². The van der Waals surface area contributed by atoms with Crippen LogP contribution in [0.1, 0.15) is 13.3 Å². The number of nitrogens with two attached hydrogens (primary N) is 1. The van der Waals surface area contributed by atoms with Crippen LogP contribution in [-0.2, 0) is 9.53 Å². The molecule has 5 heteroatoms. The fraction of sp³-hybridized carbons (Fsp3) is 0.889. The van der Waals surface area contributed by atoms with E-state index in [1.54, 1.807) is 7.11 Å². The SMILES string of the molecule is CCSCCCNC(COC)C(N)=O. The molecule has 0 bridgehead atoms. The molecular formula is C9H20N2O2S. The normalized spacial score (nSPS) is 12.7. The number of nitrogens with one attached hydrogen (secondary N) is 1. The second-order valence-electron chi connectivity index (χ2n) is 2.91. The highest BCUT2D eigenvalue weighted by atomic mass is 32.2. The van der Waals surface area contributed by atoms with E-state index in [-0.39, 0.29) is 11.9 Å². The van der Waals surface area contributed by atoms with Gasteiger partial charge in [0.25, 0.3) is 0 Å². The molecular weight excluding hydrogens is 200 g/mol. The number of hydrogen-bond acceptors (Lipinski definition) is 4. The number of hydrogen-bond donors (Lipinski definition) is 2. The molecule has 1 atom stereocenters. The van der Waals surface area contributed by atoms with E-state index in [4.69, 9.17) is 10.5 Å². The number of carbonyl (C=O) groups excluding carboxylic acids is 1. The Bertz CT molecular complexity index is 156. The number of methoxy groups -OCH3 is 1. The van der Waals surface area contributed by atoms with Gasteiger partial charge in [-0.05, 0) is 24.5 Å². The summed E-state index contributed by atoms with van der Waals surface area (Å²) >= 11 is 1.89. The summed E-state index contributed by atoms with van der Waals surface area (Å²) in [5.41, 5.74) is 5.18. The molecule has 1 amide bonds. The molecule has 0 aromatic heterocycles. The smallest absolute Gasteiger partial charge is 0.236 e. The molecule has 14 heavy (non-hydrogen) atoms. The molecule has 84 valence electrons. The second-order valence-corrected chi connectivity index (χ2v) is 4.31. The van der Waals surface area contributed by atoms with Gasteiger partial charge in [-0.2, -0.15) is 11.8 Å². The third-order valence-electron chi connectivity index (χ3n) is 1.74. The van der Waals surface area contributed by atoms with Gasteiger partial charge in [-0.3, -0.25) is 4.79 Å². The summed E-state index contributed by atoms with van der Waals surface area (Å²) < 4.78 is 4.87. The summed E-state index contributed by atoms with van der Waals surface area (Å²) in [4.78, 5) is 10.9. The molecule has 0 heterocycles. The number of rotatable bonds is 9. The van der Waals surface area contributed by atoms with E-state index in [0.29, 0.717) is 6.61 Å². The van der Waals surface area contributed by atoms with E-state index in [1.807, 2.05) is 11.8 Å². The molecule has 0 fully saturated rings. The summed E-state index contributed by atoms with van der Waals surface area (Å²) in [6.45, 7) is 3.29. The lowest BCUT2D eigenvalue weighted by molar-refractivity contribution is -0.121. The quantitative estimate of drug-likeness (QED) is 0.546. The summed E-state index contributed by atoms with van der Waals surface area (Å²) in [6.07, 6.45) is 1.05. The maximum Gasteiger partial charge on any atom is 0.236 e. The molecule has 0 spiro atoms. The van der Waals surface area contributed by atoms with Crippen LogP contribution in [0, 0.1) is 0 Å². The Kier molecular flexibility index (Phi) is 9.13. The lowest BCUT2D eigenvalue weighted by Crippen LogP contribution is -2.44. The largest absolute Gasteiger partial charge is 0.383 e. The Morgan fingerprint density at radius 1 is 1.64 bits per heavy atom. The highest BCUT2D eigenvalue weighted by Gasteiger charge is 2.12. The van der Waals surface area contributed by atoms with Gasteiger partial charge in [-0.25, -0.2) is 0 Å². The van der Waals surface area contributed by atoms with Gasteiger partial charge in [0, 0.05) is 7.11 Å². The lowest BCUT2D eigenvalue weighted by atomic mass is 10.3. The van der Waals surface area contributed by atoms with Crippen molar-refractivity contribution in [2.45, 2.75) is 19.4 Å². The Morgan fingerprint density at radius 2 is 2.36 bits per heavy atom. The van der Waals surface area contributed by atoms with Crippen molar-refractivity contribution in [3.63, 3.8) is 0 Å². The molecule has 0 aliphatic heterocycles. The topological polar surface area (TPSA) is 64.3 Å². The van der Waals surface area contributed by atoms with Gasteiger partial charge in [-0.15, -0.1) is 0 Å². The molecule has 0 aliphatic rings. The fourth-order valence-electron chi connectivity index (χ4n) is 1.00. The Balaban J connectivity index is 3.46. The van der Waals surface area contributed by atoms with Crippen LogP contribution < -0.4 is 11.1 Å². The molecule has 0 aromatic rings. The molecule has 3 N–H and O–H groups in total. The second kappa shape index (κ2) is 9.30. The van der Waals surface area contributed by atoms with Crippen LogP contribution in [-0.4, -0.2) is 43.7 Å². The molecule has 1 unspecified atom stereocenters. The molecule has 0 radical (unpaired) electrons. The van der Waals surface area contributed by atoms with Crippen molar-refractivity contribution in [1.29, 1.82) is 0 Å². The summed E-state index contributed by atoms with van der Waals surface area (Å²) in [5.74, 6) is 1.90. The van der Waals surface area contributed by atoms with Crippen LogP contribution in [0.15, 0.2) is 0 Å². The summed E-state index contributed by atoms with van der Waals surface area (Å²) in [6, 6.07) is -0.355. The number of amides is 1. The zero-order valence-corrected chi connectivity index (χ0v) is 9.73. The molecule has 4 nitrogen and oxygen atoms in total. The van der Waals surface area contributed by atoms with Crippen LogP contribution in [0.4, 0.5) is 0 Å². The van der Waals surface area contributed by atoms with E-state index in [2.05, 4.69) is 12.2 Å². The maximum absolute atomic E-state index is 10.9. The zero-order valence-electron chi connectivity index (χ0n) is 8.91. The van der Waals surface area contributed by atoms with Crippen LogP contribution in [0.3, 0.4) is 0 Å². The van der Waals surface area contributed by atoms with E-state index in [1.165, 1.54) is 0 Å². The van der Waals surface area contributed by atoms with E-state index < -0.39 is 0 Å². The summed E-state index contributed by atoms with van der Waals surface area (Å²) in [5, 5.41) is 3.07. The van der Waals surface area contributed by atoms with Gasteiger partial charge in [-0.1, -0.05) is 6.92 Å². The van der Waals surface area contributed by atoms with Crippen LogP contribution in [0.5, 0.6) is 0 Å². The number of primary amides is 1. The van der Waals surface area contributed by atoms with Crippen molar-refractivity contribution in [1.82, 2.24) is 5.32 Å². The third-order valence-corrected chi connectivity index (χ3v) is 2.72. The van der Waals surface area contributed by atoms with Crippen molar-refractivity contribution >= 4 is 17.7 Å². The minimum absolute atomic E-state index is 0.344. The molecule has 0 saturated carbocycles. The average molecular weight is 220 g/mol. The van der Waals surface area contributed by atoms with Gasteiger partial charge in [0.15, 0.2) is 0 Å². The molecule has 0 saturated heterocycles. The van der Waals surface area contributed by atoms with Crippen molar-refractivity contribution < 1.29 is 9.53 Å². The molecule has 0 rings (SSSR count). The van der Waals surface area contributed by atoms with Crippen molar-refractivity contribution in [2.24, 2.45) is 5.73 Å². The van der Waals surface area contributed by atoms with Crippen LogP contribution in [0.2, 0.25) is 0 Å². The molecule has 0 aromatic carbocycles. The Labute approximate surface area is 89.9 Å². The predicted molar refractivity (Wildman–Crippen MR) is 60.5 cm³/mol. The fourth-order valence-corrected chi connectivity index (χ4v) is 1.64. The standard InChI is InChI=1S/C9H20N2O2S/c1-3-14-6-4-5-11-8(7-13-2)9(10)12/h8,11H,3-7H2,1-2H3,(H2,10,12). The van der Waals surface area contributed by atoms with Crippen LogP contribution >= 0.6 is 11.8 Å². The maximum atomic E-state index is 10.9. The van der Waals surface area contributed by atoms with E-state index in [9.17, 15) is 4.79 Å². The minimum atomic E-state index is -0.355. The third kappa shape index (κ3) is 7.17. The first kappa shape index (κ1) is 13.7. The van der Waals surface area contributed by atoms with Gasteiger partial charge in [0.1, 0.15) is 6.04 Å². The lowest BCUT2D eigenvalue weighted by Gasteiger charge is -2.13. The minimum Gasteiger partial charge on any atom is -0.383 e. The highest BCUT2D eigenvalue weighted by Crippen LogP contribution is 1.99. The predicted octanol–water partition coefficient (Wildman–Crippen LogP) is 0.220. The number of ether oxygens (including phenoxy) is 1. The first-order valence-corrected chi connectivity index (χ1v) is 5.97. The first-order chi connectivity index (χ1) is 6.72. The number of thioether (sulfide) groups is 1. The van der Waals surface area contributed by atoms with Crippen molar-refractivity contribution in [3.8, 4) is 0 Å². The van der Waals surface area contributed by atoms with Crippen LogP contribution in [0.25, 0.3) is 0 Å². The average Bonchev–Trinajstić information content (AvgIpc) is 2.15. The molecule has 0 aliphatic carbocycles. The Morgan fingerprint density at radius 3 is 2.86 bits per heavy atom. The van der Waals surface area contributed by atoms with Gasteiger partial charge in [0.2, 0.25) is 5.91 Å². The Hall–Kier alpha value is -0.260.